The van der Waals surface area contributed by atoms with Crippen molar-refractivity contribution in [1.29, 1.82) is 0 Å². The fraction of sp³-hybridized carbons (Fsp3) is 0.647. The van der Waals surface area contributed by atoms with Crippen molar-refractivity contribution in [3.8, 4) is 0 Å². The summed E-state index contributed by atoms with van der Waals surface area (Å²) in [5, 5.41) is 0. The molecule has 1 aromatic rings. The molecule has 1 aromatic carbocycles. The highest BCUT2D eigenvalue weighted by Crippen LogP contribution is 2.35. The number of nitrogen functional groups attached to an aromatic ring is 1. The van der Waals surface area contributed by atoms with Crippen molar-refractivity contribution < 1.29 is 14.2 Å². The minimum atomic E-state index is 0.00689. The Bertz CT molecular complexity index is 452. The van der Waals surface area contributed by atoms with E-state index in [1.165, 1.54) is 5.56 Å². The Hall–Kier alpha value is -1.10. The largest absolute Gasteiger partial charge is 0.399 e. The Morgan fingerprint density at radius 3 is 2.81 bits per heavy atom. The predicted molar refractivity (Wildman–Crippen MR) is 82.3 cm³/mol. The molecule has 116 valence electrons. The fourth-order valence-corrected chi connectivity index (χ4v) is 3.31. The van der Waals surface area contributed by atoms with Gasteiger partial charge >= 0.3 is 0 Å². The van der Waals surface area contributed by atoms with Gasteiger partial charge in [-0.05, 0) is 37.3 Å². The monoisotopic (exact) mass is 291 g/mol. The molecule has 0 aromatic heterocycles. The normalized spacial score (nSPS) is 25.0. The Balaban J connectivity index is 1.48. The number of ether oxygens (including phenoxy) is 3. The third-order valence-electron chi connectivity index (χ3n) is 4.63. The van der Waals surface area contributed by atoms with Gasteiger partial charge in [0, 0.05) is 31.9 Å². The molecule has 4 heteroatoms. The molecule has 2 fully saturated rings. The zero-order valence-corrected chi connectivity index (χ0v) is 12.6. The molecule has 0 radical (unpaired) electrons. The van der Waals surface area contributed by atoms with Gasteiger partial charge in [0.2, 0.25) is 0 Å². The minimum Gasteiger partial charge on any atom is -0.399 e. The van der Waals surface area contributed by atoms with E-state index >= 15 is 0 Å². The first-order chi connectivity index (χ1) is 10.3. The number of hydrogen-bond acceptors (Lipinski definition) is 4. The van der Waals surface area contributed by atoms with Crippen LogP contribution in [0.3, 0.4) is 0 Å². The summed E-state index contributed by atoms with van der Waals surface area (Å²) in [5.41, 5.74) is 8.00. The lowest BCUT2D eigenvalue weighted by atomic mass is 9.85. The Morgan fingerprint density at radius 1 is 1.19 bits per heavy atom. The minimum absolute atomic E-state index is 0.00689. The lowest BCUT2D eigenvalue weighted by molar-refractivity contribution is -0.169. The maximum atomic E-state index is 6.09. The highest BCUT2D eigenvalue weighted by atomic mass is 16.5. The van der Waals surface area contributed by atoms with Crippen LogP contribution in [0.2, 0.25) is 0 Å². The maximum absolute atomic E-state index is 6.09. The number of anilines is 1. The quantitative estimate of drug-likeness (QED) is 0.866. The summed E-state index contributed by atoms with van der Waals surface area (Å²) < 4.78 is 17.6. The van der Waals surface area contributed by atoms with Gasteiger partial charge in [-0.1, -0.05) is 18.2 Å². The second kappa shape index (κ2) is 6.77. The smallest absolute Gasteiger partial charge is 0.0751 e. The van der Waals surface area contributed by atoms with Crippen LogP contribution in [-0.4, -0.2) is 38.1 Å². The average Bonchev–Trinajstić information content (AvgIpc) is 2.50. The van der Waals surface area contributed by atoms with E-state index in [-0.39, 0.29) is 5.60 Å². The summed E-state index contributed by atoms with van der Waals surface area (Å²) in [6.45, 7) is 3.16. The summed E-state index contributed by atoms with van der Waals surface area (Å²) in [7, 11) is 0. The highest BCUT2D eigenvalue weighted by molar-refractivity contribution is 5.46. The van der Waals surface area contributed by atoms with Gasteiger partial charge in [0.25, 0.3) is 0 Å². The van der Waals surface area contributed by atoms with Gasteiger partial charge in [0.1, 0.15) is 0 Å². The molecule has 21 heavy (non-hydrogen) atoms. The Morgan fingerprint density at radius 2 is 2.00 bits per heavy atom. The van der Waals surface area contributed by atoms with Gasteiger partial charge < -0.3 is 19.9 Å². The van der Waals surface area contributed by atoms with Crippen molar-refractivity contribution in [1.82, 2.24) is 0 Å². The van der Waals surface area contributed by atoms with Gasteiger partial charge in [-0.3, -0.25) is 0 Å². The molecular formula is C17H25NO3. The SMILES string of the molecule is Nc1ccccc1CCOC1CCOC2(CCOCC2)C1. The Labute approximate surface area is 126 Å². The van der Waals surface area contributed by atoms with E-state index in [9.17, 15) is 0 Å². The van der Waals surface area contributed by atoms with Crippen molar-refractivity contribution >= 4 is 5.69 Å². The predicted octanol–water partition coefficient (Wildman–Crippen LogP) is 2.56. The van der Waals surface area contributed by atoms with E-state index in [1.807, 2.05) is 18.2 Å². The molecule has 2 aliphatic rings. The molecule has 0 bridgehead atoms. The van der Waals surface area contributed by atoms with Crippen LogP contribution in [0.25, 0.3) is 0 Å². The van der Waals surface area contributed by atoms with Crippen LogP contribution in [0, 0.1) is 0 Å². The molecule has 2 aliphatic heterocycles. The van der Waals surface area contributed by atoms with E-state index in [2.05, 4.69) is 6.07 Å². The number of nitrogens with two attached hydrogens (primary N) is 1. The van der Waals surface area contributed by atoms with Crippen LogP contribution in [-0.2, 0) is 20.6 Å². The highest BCUT2D eigenvalue weighted by Gasteiger charge is 2.39. The van der Waals surface area contributed by atoms with Crippen LogP contribution < -0.4 is 5.73 Å². The van der Waals surface area contributed by atoms with Crippen LogP contribution in [0.15, 0.2) is 24.3 Å². The lowest BCUT2D eigenvalue weighted by Gasteiger charge is -2.43. The zero-order valence-electron chi connectivity index (χ0n) is 12.6. The molecule has 2 heterocycles. The van der Waals surface area contributed by atoms with Gasteiger partial charge in [-0.2, -0.15) is 0 Å². The summed E-state index contributed by atoms with van der Waals surface area (Å²) in [4.78, 5) is 0. The van der Waals surface area contributed by atoms with Crippen LogP contribution in [0.1, 0.15) is 31.2 Å². The summed E-state index contributed by atoms with van der Waals surface area (Å²) in [6.07, 6.45) is 5.17. The molecule has 4 nitrogen and oxygen atoms in total. The molecule has 0 aliphatic carbocycles. The second-order valence-electron chi connectivity index (χ2n) is 6.08. The summed E-state index contributed by atoms with van der Waals surface area (Å²) >= 11 is 0. The lowest BCUT2D eigenvalue weighted by Crippen LogP contribution is -2.46. The molecule has 2 N–H and O–H groups in total. The van der Waals surface area contributed by atoms with E-state index < -0.39 is 0 Å². The van der Waals surface area contributed by atoms with Crippen molar-refractivity contribution in [3.63, 3.8) is 0 Å². The van der Waals surface area contributed by atoms with Gasteiger partial charge in [0.05, 0.1) is 18.3 Å². The summed E-state index contributed by atoms with van der Waals surface area (Å²) in [5.74, 6) is 0. The first-order valence-corrected chi connectivity index (χ1v) is 7.94. The third-order valence-corrected chi connectivity index (χ3v) is 4.63. The molecule has 3 rings (SSSR count). The molecule has 1 unspecified atom stereocenters. The van der Waals surface area contributed by atoms with Crippen LogP contribution in [0.5, 0.6) is 0 Å². The van der Waals surface area contributed by atoms with Gasteiger partial charge in [-0.15, -0.1) is 0 Å². The van der Waals surface area contributed by atoms with E-state index in [4.69, 9.17) is 19.9 Å². The third kappa shape index (κ3) is 3.76. The zero-order chi connectivity index (χ0) is 14.5. The second-order valence-corrected chi connectivity index (χ2v) is 6.08. The Kier molecular flexibility index (Phi) is 4.78. The van der Waals surface area contributed by atoms with Crippen molar-refractivity contribution in [2.24, 2.45) is 0 Å². The molecule has 0 saturated carbocycles. The topological polar surface area (TPSA) is 53.7 Å². The number of benzene rings is 1. The van der Waals surface area contributed by atoms with Crippen LogP contribution in [0.4, 0.5) is 5.69 Å². The van der Waals surface area contributed by atoms with Gasteiger partial charge in [0.15, 0.2) is 0 Å². The van der Waals surface area contributed by atoms with Gasteiger partial charge in [-0.25, -0.2) is 0 Å². The molecular weight excluding hydrogens is 266 g/mol. The first-order valence-electron chi connectivity index (χ1n) is 7.94. The first kappa shape index (κ1) is 14.8. The number of hydrogen-bond donors (Lipinski definition) is 1. The number of rotatable bonds is 4. The standard InChI is InChI=1S/C17H25NO3/c18-16-4-2-1-3-14(16)5-9-20-15-6-10-21-17(13-15)7-11-19-12-8-17/h1-4,15H,5-13,18H2. The molecule has 1 spiro atoms. The van der Waals surface area contributed by atoms with Crippen molar-refractivity contribution in [3.05, 3.63) is 29.8 Å². The molecule has 0 amide bonds. The van der Waals surface area contributed by atoms with E-state index in [0.29, 0.717) is 6.10 Å². The number of para-hydroxylation sites is 1. The van der Waals surface area contributed by atoms with Crippen molar-refractivity contribution in [2.75, 3.05) is 32.2 Å². The fourth-order valence-electron chi connectivity index (χ4n) is 3.31. The van der Waals surface area contributed by atoms with Crippen LogP contribution >= 0.6 is 0 Å². The summed E-state index contributed by atoms with van der Waals surface area (Å²) in [6, 6.07) is 8.01. The maximum Gasteiger partial charge on any atom is 0.0751 e. The molecule has 2 saturated heterocycles. The molecule has 1 atom stereocenters. The van der Waals surface area contributed by atoms with Crippen molar-refractivity contribution in [2.45, 2.75) is 43.8 Å². The average molecular weight is 291 g/mol. The van der Waals surface area contributed by atoms with E-state index in [1.54, 1.807) is 0 Å². The van der Waals surface area contributed by atoms with E-state index in [0.717, 1.165) is 64.2 Å².